The Morgan fingerprint density at radius 1 is 1.10 bits per heavy atom. The summed E-state index contributed by atoms with van der Waals surface area (Å²) < 4.78 is 41.9. The number of benzene rings is 2. The summed E-state index contributed by atoms with van der Waals surface area (Å²) in [4.78, 5) is 12.3. The Hall–Kier alpha value is -3.01. The van der Waals surface area contributed by atoms with Crippen LogP contribution in [0.25, 0.3) is 11.3 Å². The molecule has 0 amide bonds. The summed E-state index contributed by atoms with van der Waals surface area (Å²) in [6.45, 7) is 0.358. The molecular weight excluding hydrogens is 396 g/mol. The summed E-state index contributed by atoms with van der Waals surface area (Å²) in [5, 5.41) is 3.89. The first-order valence-corrected chi connectivity index (χ1v) is 10.2. The number of carbonyl (C=O) groups is 1. The molecule has 0 saturated heterocycles. The first-order chi connectivity index (χ1) is 14.0. The van der Waals surface area contributed by atoms with Gasteiger partial charge in [-0.05, 0) is 24.3 Å². The monoisotopic (exact) mass is 416 g/mol. The molecule has 0 saturated carbocycles. The van der Waals surface area contributed by atoms with Gasteiger partial charge in [0, 0.05) is 25.3 Å². The van der Waals surface area contributed by atoms with Crippen LogP contribution in [0.1, 0.15) is 16.1 Å². The number of ether oxygens (including phenoxy) is 2. The molecule has 3 aromatic rings. The molecule has 1 N–H and O–H groups in total. The molecule has 0 fully saturated rings. The van der Waals surface area contributed by atoms with Gasteiger partial charge in [0.1, 0.15) is 12.3 Å². The van der Waals surface area contributed by atoms with E-state index in [2.05, 4.69) is 9.88 Å². The van der Waals surface area contributed by atoms with E-state index in [1.165, 1.54) is 31.4 Å². The Labute approximate surface area is 168 Å². The van der Waals surface area contributed by atoms with Gasteiger partial charge in [0.2, 0.25) is 10.0 Å². The molecule has 0 radical (unpaired) electrons. The number of rotatable bonds is 9. The van der Waals surface area contributed by atoms with Crippen molar-refractivity contribution in [3.8, 4) is 11.3 Å². The first-order valence-electron chi connectivity index (χ1n) is 8.76. The van der Waals surface area contributed by atoms with Crippen molar-refractivity contribution in [1.29, 1.82) is 0 Å². The van der Waals surface area contributed by atoms with Crippen LogP contribution in [-0.4, -0.2) is 39.8 Å². The van der Waals surface area contributed by atoms with Crippen molar-refractivity contribution in [2.75, 3.05) is 20.3 Å². The molecule has 0 aliphatic rings. The van der Waals surface area contributed by atoms with Gasteiger partial charge in [0.25, 0.3) is 0 Å². The number of hydrogen-bond acceptors (Lipinski definition) is 7. The predicted molar refractivity (Wildman–Crippen MR) is 105 cm³/mol. The van der Waals surface area contributed by atoms with Gasteiger partial charge in [0.05, 0.1) is 17.1 Å². The quantitative estimate of drug-likeness (QED) is 0.422. The van der Waals surface area contributed by atoms with Gasteiger partial charge in [-0.3, -0.25) is 0 Å². The van der Waals surface area contributed by atoms with Crippen LogP contribution in [0, 0.1) is 0 Å². The Morgan fingerprint density at radius 2 is 1.83 bits per heavy atom. The van der Waals surface area contributed by atoms with Crippen molar-refractivity contribution >= 4 is 16.0 Å². The average molecular weight is 416 g/mol. The second-order valence-corrected chi connectivity index (χ2v) is 7.81. The molecule has 0 atom stereocenters. The molecule has 29 heavy (non-hydrogen) atoms. The summed E-state index contributed by atoms with van der Waals surface area (Å²) in [7, 11) is -2.18. The highest BCUT2D eigenvalue weighted by molar-refractivity contribution is 7.89. The number of hydrogen-bond donors (Lipinski definition) is 1. The van der Waals surface area contributed by atoms with Crippen molar-refractivity contribution in [3.63, 3.8) is 0 Å². The molecule has 9 heteroatoms. The molecule has 8 nitrogen and oxygen atoms in total. The first kappa shape index (κ1) is 20.7. The van der Waals surface area contributed by atoms with E-state index in [-0.39, 0.29) is 30.2 Å². The van der Waals surface area contributed by atoms with E-state index in [0.29, 0.717) is 11.5 Å². The minimum atomic E-state index is -3.66. The third-order valence-electron chi connectivity index (χ3n) is 3.97. The van der Waals surface area contributed by atoms with Gasteiger partial charge < -0.3 is 14.0 Å². The van der Waals surface area contributed by atoms with Gasteiger partial charge in [-0.1, -0.05) is 35.5 Å². The number of esters is 1. The maximum Gasteiger partial charge on any atom is 0.338 e. The van der Waals surface area contributed by atoms with Crippen LogP contribution in [0.15, 0.2) is 70.1 Å². The summed E-state index contributed by atoms with van der Waals surface area (Å²) in [5.41, 5.74) is 1.57. The fourth-order valence-electron chi connectivity index (χ4n) is 2.47. The number of nitrogens with one attached hydrogen (secondary N) is 1. The molecule has 2 aromatic carbocycles. The van der Waals surface area contributed by atoms with Crippen LogP contribution in [0.2, 0.25) is 0 Å². The van der Waals surface area contributed by atoms with Crippen LogP contribution in [0.5, 0.6) is 0 Å². The lowest BCUT2D eigenvalue weighted by atomic mass is 10.2. The van der Waals surface area contributed by atoms with E-state index in [4.69, 9.17) is 14.0 Å². The fraction of sp³-hybridized carbons (Fsp3) is 0.200. The van der Waals surface area contributed by atoms with E-state index >= 15 is 0 Å². The highest BCUT2D eigenvalue weighted by Gasteiger charge is 2.15. The summed E-state index contributed by atoms with van der Waals surface area (Å²) in [6, 6.07) is 16.6. The summed E-state index contributed by atoms with van der Waals surface area (Å²) >= 11 is 0. The lowest BCUT2D eigenvalue weighted by molar-refractivity contribution is 0.0464. The number of nitrogens with zero attached hydrogens (tertiary/aromatic N) is 1. The van der Waals surface area contributed by atoms with E-state index in [0.717, 1.165) is 5.56 Å². The minimum Gasteiger partial charge on any atom is -0.455 e. The molecule has 0 spiro atoms. The molecule has 3 rings (SSSR count). The predicted octanol–water partition coefficient (Wildman–Crippen LogP) is 2.62. The Kier molecular flexibility index (Phi) is 6.76. The summed E-state index contributed by atoms with van der Waals surface area (Å²) in [6.07, 6.45) is 0. The standard InChI is InChI=1S/C20H20N2O6S/c1-26-12-11-21-29(24,25)18-9-7-16(8-10-18)20(23)27-14-17-13-19(28-22-17)15-5-3-2-4-6-15/h2-10,13,21H,11-12,14H2,1H3. The van der Waals surface area contributed by atoms with E-state index < -0.39 is 16.0 Å². The highest BCUT2D eigenvalue weighted by Crippen LogP contribution is 2.20. The molecule has 1 heterocycles. The minimum absolute atomic E-state index is 0.0501. The van der Waals surface area contributed by atoms with Crippen LogP contribution >= 0.6 is 0 Å². The maximum absolute atomic E-state index is 12.2. The second-order valence-electron chi connectivity index (χ2n) is 6.04. The van der Waals surface area contributed by atoms with E-state index in [1.807, 2.05) is 30.3 Å². The molecule has 0 aliphatic carbocycles. The van der Waals surface area contributed by atoms with Crippen LogP contribution in [0.3, 0.4) is 0 Å². The Bertz CT molecular complexity index is 1050. The number of sulfonamides is 1. The van der Waals surface area contributed by atoms with Gasteiger partial charge in [-0.25, -0.2) is 17.9 Å². The lowest BCUT2D eigenvalue weighted by Crippen LogP contribution is -2.27. The number of carbonyl (C=O) groups excluding carboxylic acids is 1. The fourth-order valence-corrected chi connectivity index (χ4v) is 3.49. The Balaban J connectivity index is 1.58. The van der Waals surface area contributed by atoms with Crippen molar-refractivity contribution in [1.82, 2.24) is 9.88 Å². The molecular formula is C20H20N2O6S. The highest BCUT2D eigenvalue weighted by atomic mass is 32.2. The van der Waals surface area contributed by atoms with Gasteiger partial charge in [-0.15, -0.1) is 0 Å². The number of methoxy groups -OCH3 is 1. The largest absolute Gasteiger partial charge is 0.455 e. The SMILES string of the molecule is COCCNS(=O)(=O)c1ccc(C(=O)OCc2cc(-c3ccccc3)on2)cc1. The average Bonchev–Trinajstić information content (AvgIpc) is 3.22. The zero-order valence-corrected chi connectivity index (χ0v) is 16.5. The van der Waals surface area contributed by atoms with Gasteiger partial charge in [0.15, 0.2) is 5.76 Å². The van der Waals surface area contributed by atoms with E-state index in [9.17, 15) is 13.2 Å². The van der Waals surface area contributed by atoms with Crippen LogP contribution in [0.4, 0.5) is 0 Å². The molecule has 152 valence electrons. The van der Waals surface area contributed by atoms with Crippen molar-refractivity contribution in [3.05, 3.63) is 71.9 Å². The zero-order valence-electron chi connectivity index (χ0n) is 15.7. The van der Waals surface area contributed by atoms with Crippen molar-refractivity contribution in [2.45, 2.75) is 11.5 Å². The topological polar surface area (TPSA) is 108 Å². The normalized spacial score (nSPS) is 11.3. The molecule has 1 aromatic heterocycles. The number of aromatic nitrogens is 1. The molecule has 0 unspecified atom stereocenters. The smallest absolute Gasteiger partial charge is 0.338 e. The second kappa shape index (κ2) is 9.46. The molecule has 0 bridgehead atoms. The summed E-state index contributed by atoms with van der Waals surface area (Å²) in [5.74, 6) is -0.0160. The maximum atomic E-state index is 12.2. The van der Waals surface area contributed by atoms with Crippen molar-refractivity contribution in [2.24, 2.45) is 0 Å². The van der Waals surface area contributed by atoms with Crippen molar-refractivity contribution < 1.29 is 27.2 Å². The zero-order chi connectivity index (χ0) is 20.7. The van der Waals surface area contributed by atoms with Crippen LogP contribution in [-0.2, 0) is 26.1 Å². The van der Waals surface area contributed by atoms with Gasteiger partial charge >= 0.3 is 5.97 Å². The third-order valence-corrected chi connectivity index (χ3v) is 5.44. The Morgan fingerprint density at radius 3 is 2.52 bits per heavy atom. The van der Waals surface area contributed by atoms with Gasteiger partial charge in [-0.2, -0.15) is 0 Å². The third kappa shape index (κ3) is 5.50. The lowest BCUT2D eigenvalue weighted by Gasteiger charge is -2.07. The molecule has 0 aliphatic heterocycles. The van der Waals surface area contributed by atoms with Crippen LogP contribution < -0.4 is 4.72 Å². The van der Waals surface area contributed by atoms with E-state index in [1.54, 1.807) is 6.07 Å².